The maximum absolute atomic E-state index is 13.0. The highest BCUT2D eigenvalue weighted by Gasteiger charge is 2.33. The van der Waals surface area contributed by atoms with E-state index in [2.05, 4.69) is 46.4 Å². The van der Waals surface area contributed by atoms with E-state index >= 15 is 0 Å². The summed E-state index contributed by atoms with van der Waals surface area (Å²) in [5.41, 5.74) is 0.889. The zero-order valence-corrected chi connectivity index (χ0v) is 19.6. The Morgan fingerprint density at radius 2 is 1.81 bits per heavy atom. The van der Waals surface area contributed by atoms with Gasteiger partial charge in [-0.3, -0.25) is 10.4 Å². The highest BCUT2D eigenvalue weighted by Crippen LogP contribution is 2.36. The second-order valence-electron chi connectivity index (χ2n) is 7.59. The summed E-state index contributed by atoms with van der Waals surface area (Å²) in [6.45, 7) is 3.60. The molecule has 0 unspecified atom stereocenters. The molecule has 0 saturated heterocycles. The number of nitrogens with zero attached hydrogens (tertiary/aromatic N) is 4. The van der Waals surface area contributed by atoms with Crippen molar-refractivity contribution < 1.29 is 18.0 Å². The number of carbonyl (C=O) groups is 1. The van der Waals surface area contributed by atoms with Gasteiger partial charge in [0.25, 0.3) is 0 Å². The number of aryl methyl sites for hydroxylation is 2. The maximum Gasteiger partial charge on any atom is 0.417 e. The van der Waals surface area contributed by atoms with Crippen LogP contribution in [0.5, 0.6) is 0 Å². The zero-order valence-electron chi connectivity index (χ0n) is 18.8. The molecule has 5 N–H and O–H groups in total. The predicted octanol–water partition coefficient (Wildman–Crippen LogP) is 6.01. The molecule has 0 radical (unpaired) electrons. The molecule has 186 valence electrons. The van der Waals surface area contributed by atoms with E-state index < -0.39 is 22.8 Å². The molecular weight excluding hydrogens is 499 g/mol. The lowest BCUT2D eigenvalue weighted by molar-refractivity contribution is -0.137. The number of halogens is 4. The standard InChI is InChI=1S/C22H19ClF3N9O/c1-11-7-18(34-21(36)30-13-3-4-15(23)14(9-13)22(24,25)26)27-10-16(11)31-20-29-12(2)8-19(33-20)32-17-5-6-28-35-17/h3-10H,1-2H3,(H2,27,30,34,36)(H3,28,29,31,32,33,35). The van der Waals surface area contributed by atoms with E-state index in [1.54, 1.807) is 31.3 Å². The number of rotatable bonds is 6. The van der Waals surface area contributed by atoms with Crippen molar-refractivity contribution in [2.24, 2.45) is 0 Å². The van der Waals surface area contributed by atoms with Crippen LogP contribution in [0.25, 0.3) is 0 Å². The van der Waals surface area contributed by atoms with Gasteiger partial charge in [0.2, 0.25) is 5.95 Å². The van der Waals surface area contributed by atoms with Crippen LogP contribution in [0.4, 0.5) is 52.7 Å². The first-order valence-electron chi connectivity index (χ1n) is 10.4. The first kappa shape index (κ1) is 24.7. The number of amides is 2. The summed E-state index contributed by atoms with van der Waals surface area (Å²) in [5.74, 6) is 1.72. The number of hydrogen-bond donors (Lipinski definition) is 5. The molecule has 3 aromatic heterocycles. The van der Waals surface area contributed by atoms with Gasteiger partial charge in [-0.15, -0.1) is 0 Å². The Morgan fingerprint density at radius 1 is 1.00 bits per heavy atom. The third-order valence-corrected chi connectivity index (χ3v) is 5.08. The second kappa shape index (κ2) is 10.1. The van der Waals surface area contributed by atoms with Crippen molar-refractivity contribution in [2.45, 2.75) is 20.0 Å². The van der Waals surface area contributed by atoms with Crippen molar-refractivity contribution in [1.82, 2.24) is 25.1 Å². The molecule has 0 bridgehead atoms. The summed E-state index contributed by atoms with van der Waals surface area (Å²) < 4.78 is 39.1. The van der Waals surface area contributed by atoms with Crippen LogP contribution in [0.15, 0.2) is 48.8 Å². The summed E-state index contributed by atoms with van der Waals surface area (Å²) >= 11 is 5.61. The van der Waals surface area contributed by atoms with Gasteiger partial charge in [0, 0.05) is 23.5 Å². The van der Waals surface area contributed by atoms with E-state index in [0.717, 1.165) is 12.1 Å². The van der Waals surface area contributed by atoms with Gasteiger partial charge in [-0.1, -0.05) is 11.6 Å². The summed E-state index contributed by atoms with van der Waals surface area (Å²) in [7, 11) is 0. The Kier molecular flexibility index (Phi) is 6.92. The number of carbonyl (C=O) groups excluding carboxylic acids is 1. The minimum atomic E-state index is -4.65. The molecular formula is C22H19ClF3N9O. The number of benzene rings is 1. The SMILES string of the molecule is Cc1cc(Nc2ccn[nH]2)nc(Nc2cnc(NC(=O)Nc3ccc(Cl)c(C(F)(F)F)c3)cc2C)n1. The van der Waals surface area contributed by atoms with Gasteiger partial charge < -0.3 is 16.0 Å². The predicted molar refractivity (Wildman–Crippen MR) is 130 cm³/mol. The lowest BCUT2D eigenvalue weighted by Gasteiger charge is -2.13. The first-order chi connectivity index (χ1) is 17.1. The third-order valence-electron chi connectivity index (χ3n) is 4.75. The van der Waals surface area contributed by atoms with Crippen molar-refractivity contribution in [3.05, 3.63) is 70.6 Å². The monoisotopic (exact) mass is 517 g/mol. The molecule has 4 aromatic rings. The molecule has 1 aromatic carbocycles. The van der Waals surface area contributed by atoms with E-state index in [9.17, 15) is 18.0 Å². The van der Waals surface area contributed by atoms with Gasteiger partial charge >= 0.3 is 12.2 Å². The van der Waals surface area contributed by atoms with Crippen molar-refractivity contribution in [2.75, 3.05) is 21.3 Å². The highest BCUT2D eigenvalue weighted by molar-refractivity contribution is 6.31. The number of aromatic amines is 1. The summed E-state index contributed by atoms with van der Waals surface area (Å²) in [4.78, 5) is 25.2. The van der Waals surface area contributed by atoms with Crippen LogP contribution in [0.3, 0.4) is 0 Å². The fraction of sp³-hybridized carbons (Fsp3) is 0.136. The van der Waals surface area contributed by atoms with Crippen LogP contribution in [0.2, 0.25) is 5.02 Å². The molecule has 4 rings (SSSR count). The van der Waals surface area contributed by atoms with E-state index in [0.29, 0.717) is 34.5 Å². The van der Waals surface area contributed by atoms with Crippen molar-refractivity contribution in [3.8, 4) is 0 Å². The van der Waals surface area contributed by atoms with Crippen LogP contribution in [-0.2, 0) is 6.18 Å². The molecule has 0 fully saturated rings. The Balaban J connectivity index is 1.43. The number of anilines is 6. The fourth-order valence-electron chi connectivity index (χ4n) is 3.13. The summed E-state index contributed by atoms with van der Waals surface area (Å²) in [6, 6.07) is 7.42. The molecule has 0 aliphatic rings. The second-order valence-corrected chi connectivity index (χ2v) is 8.00. The van der Waals surface area contributed by atoms with Crippen LogP contribution < -0.4 is 21.3 Å². The molecule has 2 amide bonds. The van der Waals surface area contributed by atoms with Crippen LogP contribution >= 0.6 is 11.6 Å². The lowest BCUT2D eigenvalue weighted by Crippen LogP contribution is -2.20. The van der Waals surface area contributed by atoms with Gasteiger partial charge in [0.05, 0.1) is 28.7 Å². The highest BCUT2D eigenvalue weighted by atomic mass is 35.5. The maximum atomic E-state index is 13.0. The Bertz CT molecular complexity index is 1390. The zero-order chi connectivity index (χ0) is 25.9. The topological polar surface area (TPSA) is 133 Å². The normalized spacial score (nSPS) is 11.2. The Hall–Kier alpha value is -4.39. The molecule has 10 nitrogen and oxygen atoms in total. The quantitative estimate of drug-likeness (QED) is 0.211. The van der Waals surface area contributed by atoms with E-state index in [1.165, 1.54) is 12.3 Å². The number of urea groups is 1. The molecule has 0 aliphatic carbocycles. The molecule has 0 spiro atoms. The lowest BCUT2D eigenvalue weighted by atomic mass is 10.2. The average molecular weight is 518 g/mol. The average Bonchev–Trinajstić information content (AvgIpc) is 3.29. The number of hydrogen-bond acceptors (Lipinski definition) is 7. The number of pyridine rings is 1. The fourth-order valence-corrected chi connectivity index (χ4v) is 3.35. The van der Waals surface area contributed by atoms with Crippen molar-refractivity contribution >= 4 is 52.4 Å². The van der Waals surface area contributed by atoms with Crippen molar-refractivity contribution in [1.29, 1.82) is 0 Å². The van der Waals surface area contributed by atoms with E-state index in [4.69, 9.17) is 11.6 Å². The molecule has 14 heteroatoms. The Morgan fingerprint density at radius 3 is 2.50 bits per heavy atom. The van der Waals surface area contributed by atoms with E-state index in [1.807, 2.05) is 6.92 Å². The van der Waals surface area contributed by atoms with Gasteiger partial charge in [0.15, 0.2) is 0 Å². The Labute approximate surface area is 207 Å². The molecule has 0 atom stereocenters. The minimum Gasteiger partial charge on any atom is -0.325 e. The smallest absolute Gasteiger partial charge is 0.325 e. The summed E-state index contributed by atoms with van der Waals surface area (Å²) in [5, 5.41) is 17.2. The molecule has 0 aliphatic heterocycles. The van der Waals surface area contributed by atoms with Crippen molar-refractivity contribution in [3.63, 3.8) is 0 Å². The molecule has 0 saturated carbocycles. The van der Waals surface area contributed by atoms with Gasteiger partial charge in [-0.05, 0) is 43.7 Å². The largest absolute Gasteiger partial charge is 0.417 e. The number of aromatic nitrogens is 5. The number of H-pyrrole nitrogens is 1. The van der Waals surface area contributed by atoms with E-state index in [-0.39, 0.29) is 11.5 Å². The van der Waals surface area contributed by atoms with Gasteiger partial charge in [-0.25, -0.2) is 14.8 Å². The first-order valence-corrected chi connectivity index (χ1v) is 10.7. The van der Waals surface area contributed by atoms with Crippen LogP contribution in [0.1, 0.15) is 16.8 Å². The molecule has 3 heterocycles. The molecule has 36 heavy (non-hydrogen) atoms. The third kappa shape index (κ3) is 6.18. The van der Waals surface area contributed by atoms with Crippen LogP contribution in [-0.4, -0.2) is 31.2 Å². The summed E-state index contributed by atoms with van der Waals surface area (Å²) in [6.07, 6.45) is -1.57. The van der Waals surface area contributed by atoms with Gasteiger partial charge in [-0.2, -0.15) is 23.3 Å². The van der Waals surface area contributed by atoms with Crippen LogP contribution in [0, 0.1) is 13.8 Å². The van der Waals surface area contributed by atoms with Gasteiger partial charge in [0.1, 0.15) is 17.5 Å². The number of nitrogens with one attached hydrogen (secondary N) is 5. The minimum absolute atomic E-state index is 0.0737. The number of alkyl halides is 3.